The van der Waals surface area contributed by atoms with Crippen molar-refractivity contribution < 1.29 is 9.90 Å². The average Bonchev–Trinajstić information content (AvgIpc) is 2.59. The van der Waals surface area contributed by atoms with Gasteiger partial charge in [0.1, 0.15) is 0 Å². The fraction of sp³-hybridized carbons (Fsp3) is 0.917. The van der Waals surface area contributed by atoms with Gasteiger partial charge in [0.2, 0.25) is 5.91 Å². The second-order valence-corrected chi connectivity index (χ2v) is 5.38. The van der Waals surface area contributed by atoms with E-state index < -0.39 is 0 Å². The topological polar surface area (TPSA) is 64.6 Å². The molecule has 1 aliphatic rings. The Hall–Kier alpha value is -0.650. The Morgan fingerprint density at radius 3 is 2.53 bits per heavy atom. The Labute approximate surface area is 104 Å². The van der Waals surface area contributed by atoms with Gasteiger partial charge in [0, 0.05) is 25.6 Å². The molecule has 0 aromatic carbocycles. The average molecular weight is 243 g/mol. The molecule has 1 saturated heterocycles. The zero-order valence-electron chi connectivity index (χ0n) is 11.2. The molecule has 3 atom stereocenters. The number of aliphatic hydroxyl groups excluding tert-OH is 1. The number of likely N-dealkylation sites (N-methyl/N-ethyl adjacent to an activating group) is 1. The van der Waals surface area contributed by atoms with Gasteiger partial charge in [-0.25, -0.2) is 0 Å². The van der Waals surface area contributed by atoms with Crippen LogP contribution in [0.25, 0.3) is 0 Å². The summed E-state index contributed by atoms with van der Waals surface area (Å²) in [7, 11) is 3.83. The van der Waals surface area contributed by atoms with E-state index in [2.05, 4.69) is 10.6 Å². The highest BCUT2D eigenvalue weighted by Crippen LogP contribution is 2.10. The normalized spacial score (nSPS) is 26.5. The van der Waals surface area contributed by atoms with E-state index >= 15 is 0 Å². The summed E-state index contributed by atoms with van der Waals surface area (Å²) < 4.78 is 0. The number of nitrogens with one attached hydrogen (secondary N) is 2. The number of β-amino-alcohol motifs (C(OH)–C–C–N with tert-alkyl or cyclic N) is 1. The van der Waals surface area contributed by atoms with Crippen LogP contribution in [0.3, 0.4) is 0 Å². The van der Waals surface area contributed by atoms with Crippen LogP contribution in [0.2, 0.25) is 0 Å². The first-order valence-electron chi connectivity index (χ1n) is 6.26. The molecule has 0 aliphatic carbocycles. The SMILES string of the molecule is CC(C)C(C(=O)NCC1CNCC1O)N(C)C. The standard InChI is InChI=1S/C12H25N3O2/c1-8(2)11(15(3)4)12(17)14-6-9-5-13-7-10(9)16/h8-11,13,16H,5-7H2,1-4H3,(H,14,17). The number of carbonyl (C=O) groups is 1. The van der Waals surface area contributed by atoms with Gasteiger partial charge in [-0.2, -0.15) is 0 Å². The minimum Gasteiger partial charge on any atom is -0.391 e. The highest BCUT2D eigenvalue weighted by molar-refractivity contribution is 5.81. The third-order valence-corrected chi connectivity index (χ3v) is 3.30. The Morgan fingerprint density at radius 2 is 2.12 bits per heavy atom. The van der Waals surface area contributed by atoms with Gasteiger partial charge in [0.25, 0.3) is 0 Å². The molecule has 5 nitrogen and oxygen atoms in total. The van der Waals surface area contributed by atoms with Crippen molar-refractivity contribution in [3.05, 3.63) is 0 Å². The molecule has 17 heavy (non-hydrogen) atoms. The van der Waals surface area contributed by atoms with Gasteiger partial charge < -0.3 is 15.7 Å². The summed E-state index contributed by atoms with van der Waals surface area (Å²) in [5.41, 5.74) is 0. The Kier molecular flexibility index (Phi) is 5.36. The summed E-state index contributed by atoms with van der Waals surface area (Å²) in [6.07, 6.45) is -0.341. The van der Waals surface area contributed by atoms with Crippen molar-refractivity contribution in [2.24, 2.45) is 11.8 Å². The highest BCUT2D eigenvalue weighted by atomic mass is 16.3. The van der Waals surface area contributed by atoms with Crippen molar-refractivity contribution >= 4 is 5.91 Å². The molecule has 1 rings (SSSR count). The van der Waals surface area contributed by atoms with Crippen molar-refractivity contribution in [3.63, 3.8) is 0 Å². The predicted octanol–water partition coefficient (Wildman–Crippen LogP) is -0.731. The van der Waals surface area contributed by atoms with Crippen LogP contribution in [0.15, 0.2) is 0 Å². The molecule has 1 amide bonds. The quantitative estimate of drug-likeness (QED) is 0.596. The van der Waals surface area contributed by atoms with Crippen LogP contribution in [0.4, 0.5) is 0 Å². The fourth-order valence-electron chi connectivity index (χ4n) is 2.40. The number of carbonyl (C=O) groups excluding carboxylic acids is 1. The molecule has 1 aliphatic heterocycles. The third-order valence-electron chi connectivity index (χ3n) is 3.30. The van der Waals surface area contributed by atoms with E-state index in [0.29, 0.717) is 13.1 Å². The molecular formula is C12H25N3O2. The predicted molar refractivity (Wildman–Crippen MR) is 67.7 cm³/mol. The number of aliphatic hydroxyl groups is 1. The Bertz CT molecular complexity index is 248. The fourth-order valence-corrected chi connectivity index (χ4v) is 2.40. The van der Waals surface area contributed by atoms with Crippen molar-refractivity contribution in [1.29, 1.82) is 0 Å². The molecule has 1 heterocycles. The van der Waals surface area contributed by atoms with E-state index in [-0.39, 0.29) is 29.9 Å². The molecule has 1 fully saturated rings. The lowest BCUT2D eigenvalue weighted by Crippen LogP contribution is -2.48. The summed E-state index contributed by atoms with van der Waals surface area (Å²) in [4.78, 5) is 14.0. The van der Waals surface area contributed by atoms with E-state index in [1.165, 1.54) is 0 Å². The van der Waals surface area contributed by atoms with E-state index in [1.54, 1.807) is 0 Å². The molecule has 3 N–H and O–H groups in total. The van der Waals surface area contributed by atoms with E-state index in [1.807, 2.05) is 32.8 Å². The molecule has 0 bridgehead atoms. The zero-order chi connectivity index (χ0) is 13.0. The van der Waals surface area contributed by atoms with Gasteiger partial charge in [-0.1, -0.05) is 13.8 Å². The lowest BCUT2D eigenvalue weighted by atomic mass is 10.0. The Morgan fingerprint density at radius 1 is 1.47 bits per heavy atom. The molecule has 0 aromatic heterocycles. The third kappa shape index (κ3) is 3.94. The van der Waals surface area contributed by atoms with Crippen molar-refractivity contribution in [2.75, 3.05) is 33.7 Å². The Balaban J connectivity index is 2.42. The van der Waals surface area contributed by atoms with Crippen LogP contribution in [0, 0.1) is 11.8 Å². The first-order chi connectivity index (χ1) is 7.93. The van der Waals surface area contributed by atoms with Gasteiger partial charge in [0.05, 0.1) is 12.1 Å². The molecule has 0 radical (unpaired) electrons. The van der Waals surface area contributed by atoms with E-state index in [4.69, 9.17) is 0 Å². The van der Waals surface area contributed by atoms with Gasteiger partial charge in [-0.15, -0.1) is 0 Å². The van der Waals surface area contributed by atoms with E-state index in [9.17, 15) is 9.90 Å². The van der Waals surface area contributed by atoms with Gasteiger partial charge in [-0.3, -0.25) is 9.69 Å². The van der Waals surface area contributed by atoms with Gasteiger partial charge in [0.15, 0.2) is 0 Å². The smallest absolute Gasteiger partial charge is 0.237 e. The molecule has 0 spiro atoms. The maximum Gasteiger partial charge on any atom is 0.237 e. The van der Waals surface area contributed by atoms with Gasteiger partial charge >= 0.3 is 0 Å². The number of nitrogens with zero attached hydrogens (tertiary/aromatic N) is 1. The van der Waals surface area contributed by atoms with Crippen LogP contribution >= 0.6 is 0 Å². The first kappa shape index (κ1) is 14.4. The molecule has 0 aromatic rings. The molecule has 0 saturated carbocycles. The second kappa shape index (κ2) is 6.33. The number of hydrogen-bond acceptors (Lipinski definition) is 4. The van der Waals surface area contributed by atoms with Crippen LogP contribution in [0.1, 0.15) is 13.8 Å². The number of hydrogen-bond donors (Lipinski definition) is 3. The van der Waals surface area contributed by atoms with Crippen molar-refractivity contribution in [3.8, 4) is 0 Å². The summed E-state index contributed by atoms with van der Waals surface area (Å²) in [6.45, 7) is 6.02. The first-order valence-corrected chi connectivity index (χ1v) is 6.26. The minimum absolute atomic E-state index is 0.0455. The largest absolute Gasteiger partial charge is 0.391 e. The summed E-state index contributed by atoms with van der Waals surface area (Å²) in [6, 6.07) is -0.110. The second-order valence-electron chi connectivity index (χ2n) is 5.38. The van der Waals surface area contributed by atoms with Crippen LogP contribution < -0.4 is 10.6 Å². The summed E-state index contributed by atoms with van der Waals surface area (Å²) in [5.74, 6) is 0.453. The van der Waals surface area contributed by atoms with Gasteiger partial charge in [-0.05, 0) is 20.0 Å². The van der Waals surface area contributed by atoms with E-state index in [0.717, 1.165) is 6.54 Å². The van der Waals surface area contributed by atoms with Crippen LogP contribution in [-0.4, -0.2) is 61.8 Å². The number of amides is 1. The van der Waals surface area contributed by atoms with Crippen molar-refractivity contribution in [2.45, 2.75) is 26.0 Å². The molecular weight excluding hydrogens is 218 g/mol. The summed E-state index contributed by atoms with van der Waals surface area (Å²) in [5, 5.41) is 15.7. The maximum atomic E-state index is 12.0. The minimum atomic E-state index is -0.341. The highest BCUT2D eigenvalue weighted by Gasteiger charge is 2.28. The molecule has 100 valence electrons. The van der Waals surface area contributed by atoms with Crippen LogP contribution in [0.5, 0.6) is 0 Å². The zero-order valence-corrected chi connectivity index (χ0v) is 11.2. The maximum absolute atomic E-state index is 12.0. The van der Waals surface area contributed by atoms with Crippen molar-refractivity contribution in [1.82, 2.24) is 15.5 Å². The molecule has 5 heteroatoms. The monoisotopic (exact) mass is 243 g/mol. The summed E-state index contributed by atoms with van der Waals surface area (Å²) >= 11 is 0. The van der Waals surface area contributed by atoms with Crippen LogP contribution in [-0.2, 0) is 4.79 Å². The lowest BCUT2D eigenvalue weighted by Gasteiger charge is -2.27. The lowest BCUT2D eigenvalue weighted by molar-refractivity contribution is -0.127. The number of rotatable bonds is 5. The molecule has 3 unspecified atom stereocenters.